The standard InChI is InChI=1S/C13H27N3O3/c1-7-9(2)10(11(17)18)15-12(19)14-8-13(3,4)16(5)6/h9-10H,7-8H2,1-6H3,(H,17,18)(H2,14,15,19). The summed E-state index contributed by atoms with van der Waals surface area (Å²) >= 11 is 0. The first-order chi connectivity index (χ1) is 8.61. The van der Waals surface area contributed by atoms with E-state index in [0.29, 0.717) is 13.0 Å². The van der Waals surface area contributed by atoms with Crippen LogP contribution in [-0.4, -0.2) is 54.2 Å². The average molecular weight is 273 g/mol. The predicted molar refractivity (Wildman–Crippen MR) is 75.2 cm³/mol. The van der Waals surface area contributed by atoms with E-state index in [-0.39, 0.29) is 11.5 Å². The molecule has 0 aromatic heterocycles. The number of carbonyl (C=O) groups excluding carboxylic acids is 1. The van der Waals surface area contributed by atoms with Crippen molar-refractivity contribution in [1.82, 2.24) is 15.5 Å². The molecule has 0 heterocycles. The minimum atomic E-state index is -1.00. The van der Waals surface area contributed by atoms with Gasteiger partial charge in [0, 0.05) is 12.1 Å². The summed E-state index contributed by atoms with van der Waals surface area (Å²) in [4.78, 5) is 24.8. The highest BCUT2D eigenvalue weighted by molar-refractivity contribution is 5.82. The van der Waals surface area contributed by atoms with Crippen LogP contribution in [0.15, 0.2) is 0 Å². The Morgan fingerprint density at radius 3 is 2.21 bits per heavy atom. The zero-order chi connectivity index (χ0) is 15.2. The van der Waals surface area contributed by atoms with Crippen molar-refractivity contribution < 1.29 is 14.7 Å². The van der Waals surface area contributed by atoms with Crippen molar-refractivity contribution >= 4 is 12.0 Å². The van der Waals surface area contributed by atoms with Crippen LogP contribution in [0.1, 0.15) is 34.1 Å². The molecule has 2 amide bonds. The Hall–Kier alpha value is -1.30. The van der Waals surface area contributed by atoms with Crippen LogP contribution in [0, 0.1) is 5.92 Å². The molecule has 0 aliphatic rings. The third-order valence-electron chi connectivity index (χ3n) is 3.66. The smallest absolute Gasteiger partial charge is 0.326 e. The number of carboxylic acid groups (broad SMARTS) is 1. The van der Waals surface area contributed by atoms with Crippen molar-refractivity contribution in [3.05, 3.63) is 0 Å². The number of carboxylic acids is 1. The number of amides is 2. The number of hydrogen-bond acceptors (Lipinski definition) is 3. The van der Waals surface area contributed by atoms with E-state index in [1.807, 2.05) is 46.7 Å². The van der Waals surface area contributed by atoms with Crippen LogP contribution < -0.4 is 10.6 Å². The summed E-state index contributed by atoms with van der Waals surface area (Å²) in [6.45, 7) is 8.14. The van der Waals surface area contributed by atoms with Crippen LogP contribution in [0.2, 0.25) is 0 Å². The molecule has 0 aromatic carbocycles. The average Bonchev–Trinajstić information content (AvgIpc) is 2.32. The van der Waals surface area contributed by atoms with Crippen LogP contribution in [0.25, 0.3) is 0 Å². The number of nitrogens with one attached hydrogen (secondary N) is 2. The zero-order valence-corrected chi connectivity index (χ0v) is 12.8. The highest BCUT2D eigenvalue weighted by Crippen LogP contribution is 2.09. The van der Waals surface area contributed by atoms with E-state index in [1.165, 1.54) is 0 Å². The van der Waals surface area contributed by atoms with Gasteiger partial charge in [0.2, 0.25) is 0 Å². The summed E-state index contributed by atoms with van der Waals surface area (Å²) in [7, 11) is 3.86. The molecule has 0 aliphatic heterocycles. The van der Waals surface area contributed by atoms with Crippen molar-refractivity contribution in [2.75, 3.05) is 20.6 Å². The van der Waals surface area contributed by atoms with Gasteiger partial charge in [-0.25, -0.2) is 9.59 Å². The van der Waals surface area contributed by atoms with Gasteiger partial charge in [-0.15, -0.1) is 0 Å². The molecule has 0 aliphatic carbocycles. The van der Waals surface area contributed by atoms with E-state index < -0.39 is 18.0 Å². The van der Waals surface area contributed by atoms with Gasteiger partial charge in [0.15, 0.2) is 0 Å². The maximum absolute atomic E-state index is 11.7. The first kappa shape index (κ1) is 17.7. The van der Waals surface area contributed by atoms with Crippen LogP contribution in [-0.2, 0) is 4.79 Å². The molecule has 2 atom stereocenters. The number of carbonyl (C=O) groups is 2. The normalized spacial score (nSPS) is 14.9. The summed E-state index contributed by atoms with van der Waals surface area (Å²) < 4.78 is 0. The van der Waals surface area contributed by atoms with Gasteiger partial charge in [-0.1, -0.05) is 20.3 Å². The molecule has 2 unspecified atom stereocenters. The van der Waals surface area contributed by atoms with Gasteiger partial charge in [-0.05, 0) is 33.9 Å². The van der Waals surface area contributed by atoms with Gasteiger partial charge in [-0.2, -0.15) is 0 Å². The number of likely N-dealkylation sites (N-methyl/N-ethyl adjacent to an activating group) is 1. The quantitative estimate of drug-likeness (QED) is 0.649. The molecule has 19 heavy (non-hydrogen) atoms. The second-order valence-corrected chi connectivity index (χ2v) is 5.74. The first-order valence-corrected chi connectivity index (χ1v) is 6.56. The molecule has 0 spiro atoms. The SMILES string of the molecule is CCC(C)C(NC(=O)NCC(C)(C)N(C)C)C(=O)O. The Bertz CT molecular complexity index is 316. The van der Waals surface area contributed by atoms with E-state index >= 15 is 0 Å². The van der Waals surface area contributed by atoms with Crippen molar-refractivity contribution in [2.45, 2.75) is 45.7 Å². The maximum Gasteiger partial charge on any atom is 0.326 e. The fourth-order valence-electron chi connectivity index (χ4n) is 1.33. The molecule has 6 nitrogen and oxygen atoms in total. The maximum atomic E-state index is 11.7. The summed E-state index contributed by atoms with van der Waals surface area (Å²) in [5.41, 5.74) is -0.188. The third kappa shape index (κ3) is 5.92. The highest BCUT2D eigenvalue weighted by Gasteiger charge is 2.26. The Labute approximate surface area is 115 Å². The third-order valence-corrected chi connectivity index (χ3v) is 3.66. The van der Waals surface area contributed by atoms with E-state index in [1.54, 1.807) is 0 Å². The van der Waals surface area contributed by atoms with Crippen molar-refractivity contribution in [1.29, 1.82) is 0 Å². The van der Waals surface area contributed by atoms with E-state index in [0.717, 1.165) is 0 Å². The Kier molecular flexibility index (Phi) is 6.83. The molecule has 6 heteroatoms. The number of urea groups is 1. The molecular formula is C13H27N3O3. The minimum Gasteiger partial charge on any atom is -0.480 e. The predicted octanol–water partition coefficient (Wildman–Crippen LogP) is 1.13. The molecule has 0 saturated heterocycles. The van der Waals surface area contributed by atoms with E-state index in [4.69, 9.17) is 5.11 Å². The largest absolute Gasteiger partial charge is 0.480 e. The molecular weight excluding hydrogens is 246 g/mol. The molecule has 0 aromatic rings. The first-order valence-electron chi connectivity index (χ1n) is 6.56. The Balaban J connectivity index is 4.40. The number of aliphatic carboxylic acids is 1. The van der Waals surface area contributed by atoms with Crippen LogP contribution in [0.5, 0.6) is 0 Å². The lowest BCUT2D eigenvalue weighted by molar-refractivity contribution is -0.140. The van der Waals surface area contributed by atoms with Crippen LogP contribution in [0.3, 0.4) is 0 Å². The van der Waals surface area contributed by atoms with Crippen molar-refractivity contribution in [3.63, 3.8) is 0 Å². The molecule has 0 saturated carbocycles. The van der Waals surface area contributed by atoms with Crippen LogP contribution >= 0.6 is 0 Å². The van der Waals surface area contributed by atoms with Gasteiger partial charge >= 0.3 is 12.0 Å². The molecule has 0 rings (SSSR count). The fraction of sp³-hybridized carbons (Fsp3) is 0.846. The van der Waals surface area contributed by atoms with E-state index in [2.05, 4.69) is 10.6 Å². The van der Waals surface area contributed by atoms with Gasteiger partial charge in [0.1, 0.15) is 6.04 Å². The van der Waals surface area contributed by atoms with Crippen molar-refractivity contribution in [2.24, 2.45) is 5.92 Å². The summed E-state index contributed by atoms with van der Waals surface area (Å²) in [5, 5.41) is 14.3. The summed E-state index contributed by atoms with van der Waals surface area (Å²) in [5.74, 6) is -1.11. The molecule has 3 N–H and O–H groups in total. The van der Waals surface area contributed by atoms with Gasteiger partial charge in [0.25, 0.3) is 0 Å². The second kappa shape index (κ2) is 7.33. The molecule has 0 radical (unpaired) electrons. The monoisotopic (exact) mass is 273 g/mol. The Morgan fingerprint density at radius 1 is 1.32 bits per heavy atom. The van der Waals surface area contributed by atoms with E-state index in [9.17, 15) is 9.59 Å². The van der Waals surface area contributed by atoms with Crippen LogP contribution in [0.4, 0.5) is 4.79 Å². The van der Waals surface area contributed by atoms with Gasteiger partial charge < -0.3 is 20.6 Å². The number of hydrogen-bond donors (Lipinski definition) is 3. The fourth-order valence-corrected chi connectivity index (χ4v) is 1.33. The topological polar surface area (TPSA) is 81.7 Å². The summed E-state index contributed by atoms with van der Waals surface area (Å²) in [6.07, 6.45) is 0.695. The Morgan fingerprint density at radius 2 is 1.84 bits per heavy atom. The molecule has 0 fully saturated rings. The van der Waals surface area contributed by atoms with Gasteiger partial charge in [0.05, 0.1) is 0 Å². The number of nitrogens with zero attached hydrogens (tertiary/aromatic N) is 1. The molecule has 0 bridgehead atoms. The van der Waals surface area contributed by atoms with Gasteiger partial charge in [-0.3, -0.25) is 0 Å². The lowest BCUT2D eigenvalue weighted by Gasteiger charge is -2.33. The second-order valence-electron chi connectivity index (χ2n) is 5.74. The molecule has 112 valence electrons. The lowest BCUT2D eigenvalue weighted by atomic mass is 9.99. The van der Waals surface area contributed by atoms with Crippen molar-refractivity contribution in [3.8, 4) is 0 Å². The zero-order valence-electron chi connectivity index (χ0n) is 12.8. The lowest BCUT2D eigenvalue weighted by Crippen LogP contribution is -2.54. The highest BCUT2D eigenvalue weighted by atomic mass is 16.4. The summed E-state index contributed by atoms with van der Waals surface area (Å²) in [6, 6.07) is -1.30. The number of rotatable bonds is 7. The minimum absolute atomic E-state index is 0.106.